The summed E-state index contributed by atoms with van der Waals surface area (Å²) in [4.78, 5) is 0. The van der Waals surface area contributed by atoms with E-state index in [4.69, 9.17) is 0 Å². The first kappa shape index (κ1) is 9.88. The van der Waals surface area contributed by atoms with E-state index in [1.165, 1.54) is 16.4 Å². The predicted molar refractivity (Wildman–Crippen MR) is 58.8 cm³/mol. The Labute approximate surface area is 105 Å². The Morgan fingerprint density at radius 2 is 2.00 bits per heavy atom. The van der Waals surface area contributed by atoms with Gasteiger partial charge in [0.2, 0.25) is 5.16 Å². The second-order valence-electron chi connectivity index (χ2n) is 3.94. The second kappa shape index (κ2) is 3.70. The Morgan fingerprint density at radius 3 is 2.89 bits per heavy atom. The molecular formula is C8H7N9S. The molecule has 0 aromatic carbocycles. The van der Waals surface area contributed by atoms with E-state index in [0.717, 1.165) is 23.0 Å². The van der Waals surface area contributed by atoms with Crippen LogP contribution in [0.25, 0.3) is 5.65 Å². The van der Waals surface area contributed by atoms with Crippen LogP contribution >= 0.6 is 11.8 Å². The molecule has 1 aliphatic carbocycles. The van der Waals surface area contributed by atoms with Crippen LogP contribution in [0.3, 0.4) is 0 Å². The number of hydrogen-bond acceptors (Lipinski definition) is 8. The molecule has 1 fully saturated rings. The molecule has 90 valence electrons. The molecule has 0 bridgehead atoms. The summed E-state index contributed by atoms with van der Waals surface area (Å²) in [6.07, 6.45) is 2.27. The first-order chi connectivity index (χ1) is 8.90. The Balaban J connectivity index is 1.68. The zero-order chi connectivity index (χ0) is 11.9. The lowest BCUT2D eigenvalue weighted by molar-refractivity contribution is 0.565. The maximum atomic E-state index is 4.27. The highest BCUT2D eigenvalue weighted by molar-refractivity contribution is 7.99. The van der Waals surface area contributed by atoms with Crippen molar-refractivity contribution in [3.05, 3.63) is 12.1 Å². The molecule has 0 spiro atoms. The van der Waals surface area contributed by atoms with Crippen molar-refractivity contribution in [1.29, 1.82) is 0 Å². The first-order valence-corrected chi connectivity index (χ1v) is 6.23. The lowest BCUT2D eigenvalue weighted by atomic mass is 10.6. The highest BCUT2D eigenvalue weighted by Gasteiger charge is 2.28. The van der Waals surface area contributed by atoms with Gasteiger partial charge in [-0.05, 0) is 57.6 Å². The molecule has 18 heavy (non-hydrogen) atoms. The van der Waals surface area contributed by atoms with Crippen molar-refractivity contribution >= 4 is 17.4 Å². The van der Waals surface area contributed by atoms with E-state index in [0.29, 0.717) is 11.7 Å². The van der Waals surface area contributed by atoms with Gasteiger partial charge in [-0.2, -0.15) is 0 Å². The van der Waals surface area contributed by atoms with Crippen LogP contribution in [0, 0.1) is 0 Å². The minimum Gasteiger partial charge on any atom is -0.217 e. The van der Waals surface area contributed by atoms with Gasteiger partial charge < -0.3 is 0 Å². The molecule has 10 heteroatoms. The molecule has 0 unspecified atom stereocenters. The van der Waals surface area contributed by atoms with Crippen LogP contribution in [0.2, 0.25) is 0 Å². The molecule has 0 aliphatic heterocycles. The van der Waals surface area contributed by atoms with Crippen LogP contribution in [0.5, 0.6) is 0 Å². The zero-order valence-corrected chi connectivity index (χ0v) is 9.90. The molecule has 0 radical (unpaired) electrons. The monoisotopic (exact) mass is 261 g/mol. The first-order valence-electron chi connectivity index (χ1n) is 5.41. The van der Waals surface area contributed by atoms with Gasteiger partial charge in [0.25, 0.3) is 0 Å². The van der Waals surface area contributed by atoms with Gasteiger partial charge in [-0.3, -0.25) is 0 Å². The molecule has 0 saturated heterocycles. The van der Waals surface area contributed by atoms with Gasteiger partial charge in [0.05, 0.1) is 6.04 Å². The van der Waals surface area contributed by atoms with Gasteiger partial charge in [-0.15, -0.1) is 19.9 Å². The third kappa shape index (κ3) is 1.61. The number of tetrazole rings is 2. The van der Waals surface area contributed by atoms with Crippen LogP contribution in [-0.4, -0.2) is 45.5 Å². The Hall–Kier alpha value is -2.10. The maximum absolute atomic E-state index is 4.27. The van der Waals surface area contributed by atoms with Crippen molar-refractivity contribution in [3.8, 4) is 0 Å². The molecular weight excluding hydrogens is 254 g/mol. The van der Waals surface area contributed by atoms with E-state index in [1.54, 1.807) is 6.07 Å². The van der Waals surface area contributed by atoms with Gasteiger partial charge in [-0.1, -0.05) is 0 Å². The highest BCUT2D eigenvalue weighted by Crippen LogP contribution is 2.37. The minimum atomic E-state index is 0.444. The van der Waals surface area contributed by atoms with Crippen LogP contribution in [0.1, 0.15) is 18.9 Å². The van der Waals surface area contributed by atoms with Crippen LogP contribution in [0.4, 0.5) is 0 Å². The molecule has 1 aliphatic rings. The van der Waals surface area contributed by atoms with Crippen molar-refractivity contribution in [2.75, 3.05) is 0 Å². The summed E-state index contributed by atoms with van der Waals surface area (Å²) in [5.74, 6) is 0. The fourth-order valence-corrected chi connectivity index (χ4v) is 2.38. The van der Waals surface area contributed by atoms with E-state index in [9.17, 15) is 0 Å². The smallest absolute Gasteiger partial charge is 0.215 e. The lowest BCUT2D eigenvalue weighted by Crippen LogP contribution is -2.00. The zero-order valence-electron chi connectivity index (χ0n) is 9.08. The Morgan fingerprint density at radius 1 is 1.11 bits per heavy atom. The summed E-state index contributed by atoms with van der Waals surface area (Å²) >= 11 is 1.41. The Bertz CT molecular complexity index is 699. The average Bonchev–Trinajstić information content (AvgIpc) is 2.95. The van der Waals surface area contributed by atoms with Gasteiger partial charge >= 0.3 is 0 Å². The standard InChI is InChI=1S/C8H7N9S/c1-2-5(1)16-8(10-13-14-16)18-7-4-3-6-9-12-15-17(6)11-7/h3-5H,1-2H2. The van der Waals surface area contributed by atoms with Crippen LogP contribution < -0.4 is 0 Å². The highest BCUT2D eigenvalue weighted by atomic mass is 32.2. The number of rotatable bonds is 3. The molecule has 4 rings (SSSR count). The van der Waals surface area contributed by atoms with E-state index in [1.807, 2.05) is 10.7 Å². The summed E-state index contributed by atoms with van der Waals surface area (Å²) in [6.45, 7) is 0. The summed E-state index contributed by atoms with van der Waals surface area (Å²) < 4.78 is 3.23. The van der Waals surface area contributed by atoms with E-state index in [-0.39, 0.29) is 0 Å². The van der Waals surface area contributed by atoms with E-state index in [2.05, 4.69) is 36.1 Å². The van der Waals surface area contributed by atoms with E-state index < -0.39 is 0 Å². The molecule has 3 aromatic heterocycles. The third-order valence-corrected chi connectivity index (χ3v) is 3.47. The summed E-state index contributed by atoms with van der Waals surface area (Å²) in [5.41, 5.74) is 0.612. The lowest BCUT2D eigenvalue weighted by Gasteiger charge is -2.00. The van der Waals surface area contributed by atoms with Gasteiger partial charge in [-0.25, -0.2) is 4.68 Å². The van der Waals surface area contributed by atoms with E-state index >= 15 is 0 Å². The number of fused-ring (bicyclic) bond motifs is 1. The molecule has 9 nitrogen and oxygen atoms in total. The van der Waals surface area contributed by atoms with Crippen LogP contribution in [-0.2, 0) is 0 Å². The maximum Gasteiger partial charge on any atom is 0.215 e. The predicted octanol–water partition coefficient (Wildman–Crippen LogP) is -0.00810. The van der Waals surface area contributed by atoms with Gasteiger partial charge in [0.1, 0.15) is 5.03 Å². The fourth-order valence-electron chi connectivity index (χ4n) is 1.58. The number of aromatic nitrogens is 9. The van der Waals surface area contributed by atoms with Gasteiger partial charge in [0, 0.05) is 0 Å². The number of hydrogen-bond donors (Lipinski definition) is 0. The molecule has 0 amide bonds. The summed E-state index contributed by atoms with van der Waals surface area (Å²) in [5, 5.41) is 28.5. The van der Waals surface area contributed by atoms with Gasteiger partial charge in [0.15, 0.2) is 5.65 Å². The van der Waals surface area contributed by atoms with Crippen molar-refractivity contribution in [3.63, 3.8) is 0 Å². The SMILES string of the molecule is c1cc2nnnn2nc1Sc1nnnn1C1CC1. The average molecular weight is 261 g/mol. The Kier molecular flexibility index (Phi) is 2.03. The molecule has 3 aromatic rings. The number of nitrogens with zero attached hydrogens (tertiary/aromatic N) is 9. The van der Waals surface area contributed by atoms with Crippen molar-refractivity contribution in [2.45, 2.75) is 29.1 Å². The third-order valence-electron chi connectivity index (χ3n) is 2.60. The van der Waals surface area contributed by atoms with Crippen molar-refractivity contribution in [2.24, 2.45) is 0 Å². The summed E-state index contributed by atoms with van der Waals surface area (Å²) in [6, 6.07) is 4.10. The van der Waals surface area contributed by atoms with Crippen molar-refractivity contribution in [1.82, 2.24) is 45.5 Å². The minimum absolute atomic E-state index is 0.444. The van der Waals surface area contributed by atoms with Crippen LogP contribution in [0.15, 0.2) is 22.3 Å². The molecule has 1 saturated carbocycles. The largest absolute Gasteiger partial charge is 0.217 e. The molecule has 0 atom stereocenters. The molecule has 0 N–H and O–H groups in total. The molecule has 3 heterocycles. The summed E-state index contributed by atoms with van der Waals surface area (Å²) in [7, 11) is 0. The fraction of sp³-hybridized carbons (Fsp3) is 0.375. The quantitative estimate of drug-likeness (QED) is 0.649. The van der Waals surface area contributed by atoms with Crippen molar-refractivity contribution < 1.29 is 0 Å². The normalized spacial score (nSPS) is 15.3. The topological polar surface area (TPSA) is 99.6 Å². The second-order valence-corrected chi connectivity index (χ2v) is 4.92.